The van der Waals surface area contributed by atoms with Crippen molar-refractivity contribution < 1.29 is 9.53 Å². The van der Waals surface area contributed by atoms with Crippen molar-refractivity contribution in [1.29, 1.82) is 0 Å². The molecule has 2 aromatic heterocycles. The Bertz CT molecular complexity index is 1040. The number of rotatable bonds is 4. The second kappa shape index (κ2) is 6.49. The summed E-state index contributed by atoms with van der Waals surface area (Å²) in [4.78, 5) is 24.3. The molecular weight excluding hydrogens is 334 g/mol. The number of thiazole rings is 1. The lowest BCUT2D eigenvalue weighted by atomic mass is 10.2. The number of H-pyrrole nitrogens is 1. The fourth-order valence-electron chi connectivity index (χ4n) is 2.58. The maximum atomic E-state index is 11.9. The Morgan fingerprint density at radius 3 is 2.80 bits per heavy atom. The van der Waals surface area contributed by atoms with E-state index < -0.39 is 0 Å². The second-order valence-electron chi connectivity index (χ2n) is 5.44. The van der Waals surface area contributed by atoms with E-state index in [9.17, 15) is 4.79 Å². The molecule has 25 heavy (non-hydrogen) atoms. The molecule has 0 bridgehead atoms. The number of aromatic nitrogens is 3. The Morgan fingerprint density at radius 1 is 1.16 bits per heavy atom. The van der Waals surface area contributed by atoms with Crippen LogP contribution in [0.5, 0.6) is 0 Å². The molecule has 2 heterocycles. The van der Waals surface area contributed by atoms with Gasteiger partial charge in [-0.1, -0.05) is 30.3 Å². The van der Waals surface area contributed by atoms with Gasteiger partial charge in [0.1, 0.15) is 0 Å². The molecule has 0 saturated carbocycles. The summed E-state index contributed by atoms with van der Waals surface area (Å²) >= 11 is 1.53. The Labute approximate surface area is 148 Å². The van der Waals surface area contributed by atoms with Crippen molar-refractivity contribution >= 4 is 28.3 Å². The molecule has 1 N–H and O–H groups in total. The number of fused-ring (bicyclic) bond motifs is 1. The van der Waals surface area contributed by atoms with Crippen molar-refractivity contribution in [3.63, 3.8) is 0 Å². The number of benzene rings is 2. The van der Waals surface area contributed by atoms with Gasteiger partial charge >= 0.3 is 5.97 Å². The summed E-state index contributed by atoms with van der Waals surface area (Å²) in [6.07, 6.45) is 0. The van der Waals surface area contributed by atoms with E-state index in [-0.39, 0.29) is 5.97 Å². The molecule has 0 unspecified atom stereocenters. The SMILES string of the molecule is CCOC(=O)c1ccc2nc(-c3nc(-c4ccccc4)cs3)[nH]c2c1. The average molecular weight is 349 g/mol. The first kappa shape index (κ1) is 15.5. The van der Waals surface area contributed by atoms with Crippen LogP contribution in [0, 0.1) is 0 Å². The van der Waals surface area contributed by atoms with E-state index in [2.05, 4.69) is 15.0 Å². The number of esters is 1. The number of carbonyl (C=O) groups is 1. The number of aromatic amines is 1. The molecule has 0 atom stereocenters. The molecule has 0 aliphatic rings. The van der Waals surface area contributed by atoms with Gasteiger partial charge in [-0.25, -0.2) is 14.8 Å². The molecule has 0 spiro atoms. The summed E-state index contributed by atoms with van der Waals surface area (Å²) in [5.74, 6) is 0.365. The van der Waals surface area contributed by atoms with Gasteiger partial charge in [0.15, 0.2) is 10.8 Å². The van der Waals surface area contributed by atoms with Crippen LogP contribution in [-0.2, 0) is 4.74 Å². The number of hydrogen-bond donors (Lipinski definition) is 1. The van der Waals surface area contributed by atoms with Crippen molar-refractivity contribution in [3.05, 3.63) is 59.5 Å². The number of nitrogens with one attached hydrogen (secondary N) is 1. The molecule has 5 nitrogen and oxygen atoms in total. The molecule has 4 aromatic rings. The average Bonchev–Trinajstić information content (AvgIpc) is 3.29. The van der Waals surface area contributed by atoms with Crippen molar-refractivity contribution in [1.82, 2.24) is 15.0 Å². The van der Waals surface area contributed by atoms with Crippen LogP contribution in [0.4, 0.5) is 0 Å². The topological polar surface area (TPSA) is 67.9 Å². The first-order valence-corrected chi connectivity index (χ1v) is 8.81. The molecule has 0 saturated heterocycles. The maximum absolute atomic E-state index is 11.9. The lowest BCUT2D eigenvalue weighted by Crippen LogP contribution is -2.04. The van der Waals surface area contributed by atoms with E-state index in [1.165, 1.54) is 11.3 Å². The second-order valence-corrected chi connectivity index (χ2v) is 6.30. The van der Waals surface area contributed by atoms with Crippen LogP contribution < -0.4 is 0 Å². The molecule has 0 fully saturated rings. The molecule has 0 aliphatic carbocycles. The van der Waals surface area contributed by atoms with Gasteiger partial charge in [0.25, 0.3) is 0 Å². The minimum absolute atomic E-state index is 0.332. The summed E-state index contributed by atoms with van der Waals surface area (Å²) in [7, 11) is 0. The number of carbonyl (C=O) groups excluding carboxylic acids is 1. The summed E-state index contributed by atoms with van der Waals surface area (Å²) in [5, 5.41) is 2.83. The third kappa shape index (κ3) is 3.04. The predicted molar refractivity (Wildman–Crippen MR) is 98.6 cm³/mol. The van der Waals surface area contributed by atoms with Crippen LogP contribution in [0.2, 0.25) is 0 Å². The molecule has 6 heteroatoms. The monoisotopic (exact) mass is 349 g/mol. The summed E-state index contributed by atoms with van der Waals surface area (Å²) in [6, 6.07) is 15.3. The van der Waals surface area contributed by atoms with Crippen LogP contribution in [0.1, 0.15) is 17.3 Å². The Morgan fingerprint density at radius 2 is 2.00 bits per heavy atom. The third-order valence-corrected chi connectivity index (χ3v) is 4.62. The molecule has 124 valence electrons. The van der Waals surface area contributed by atoms with Crippen LogP contribution >= 0.6 is 11.3 Å². The van der Waals surface area contributed by atoms with Gasteiger partial charge in [0.05, 0.1) is 28.9 Å². The predicted octanol–water partition coefficient (Wildman–Crippen LogP) is 4.53. The highest BCUT2D eigenvalue weighted by atomic mass is 32.1. The van der Waals surface area contributed by atoms with Gasteiger partial charge in [-0.15, -0.1) is 11.3 Å². The van der Waals surface area contributed by atoms with Crippen molar-refractivity contribution in [2.45, 2.75) is 6.92 Å². The largest absolute Gasteiger partial charge is 0.462 e. The number of imidazole rings is 1. The van der Waals surface area contributed by atoms with Gasteiger partial charge in [-0.2, -0.15) is 0 Å². The number of nitrogens with zero attached hydrogens (tertiary/aromatic N) is 2. The quantitative estimate of drug-likeness (QED) is 0.550. The molecule has 2 aromatic carbocycles. The third-order valence-electron chi connectivity index (χ3n) is 3.77. The van der Waals surface area contributed by atoms with Gasteiger partial charge < -0.3 is 9.72 Å². The Balaban J connectivity index is 1.68. The molecular formula is C19H15N3O2S. The highest BCUT2D eigenvalue weighted by Crippen LogP contribution is 2.28. The summed E-state index contributed by atoms with van der Waals surface area (Å²) < 4.78 is 5.04. The first-order chi connectivity index (χ1) is 12.2. The zero-order valence-electron chi connectivity index (χ0n) is 13.5. The van der Waals surface area contributed by atoms with Crippen molar-refractivity contribution in [3.8, 4) is 22.1 Å². The van der Waals surface area contributed by atoms with Gasteiger partial charge in [-0.3, -0.25) is 0 Å². The summed E-state index contributed by atoms with van der Waals surface area (Å²) in [6.45, 7) is 2.14. The smallest absolute Gasteiger partial charge is 0.338 e. The van der Waals surface area contributed by atoms with Gasteiger partial charge in [0, 0.05) is 10.9 Å². The molecule has 0 radical (unpaired) electrons. The zero-order chi connectivity index (χ0) is 17.2. The molecule has 0 amide bonds. The standard InChI is InChI=1S/C19H15N3O2S/c1-2-24-19(23)13-8-9-14-15(10-13)21-17(20-14)18-22-16(11-25-18)12-6-4-3-5-7-12/h3-11H,2H2,1H3,(H,20,21). The fourth-order valence-corrected chi connectivity index (χ4v) is 3.35. The molecule has 4 rings (SSSR count). The van der Waals surface area contributed by atoms with E-state index in [0.717, 1.165) is 27.3 Å². The van der Waals surface area contributed by atoms with Crippen LogP contribution in [0.3, 0.4) is 0 Å². The van der Waals surface area contributed by atoms with Crippen LogP contribution in [-0.4, -0.2) is 27.5 Å². The summed E-state index contributed by atoms with van der Waals surface area (Å²) in [5.41, 5.74) is 4.09. The van der Waals surface area contributed by atoms with E-state index in [1.807, 2.05) is 41.8 Å². The van der Waals surface area contributed by atoms with Gasteiger partial charge in [0.2, 0.25) is 0 Å². The lowest BCUT2D eigenvalue weighted by Gasteiger charge is -2.00. The highest BCUT2D eigenvalue weighted by Gasteiger charge is 2.13. The number of ether oxygens (including phenoxy) is 1. The zero-order valence-corrected chi connectivity index (χ0v) is 14.3. The van der Waals surface area contributed by atoms with E-state index >= 15 is 0 Å². The minimum Gasteiger partial charge on any atom is -0.462 e. The lowest BCUT2D eigenvalue weighted by molar-refractivity contribution is 0.0526. The fraction of sp³-hybridized carbons (Fsp3) is 0.105. The van der Waals surface area contributed by atoms with Crippen LogP contribution in [0.15, 0.2) is 53.9 Å². The maximum Gasteiger partial charge on any atom is 0.338 e. The van der Waals surface area contributed by atoms with Gasteiger partial charge in [-0.05, 0) is 25.1 Å². The van der Waals surface area contributed by atoms with E-state index in [0.29, 0.717) is 18.0 Å². The first-order valence-electron chi connectivity index (χ1n) is 7.93. The van der Waals surface area contributed by atoms with Crippen molar-refractivity contribution in [2.75, 3.05) is 6.61 Å². The molecule has 0 aliphatic heterocycles. The number of hydrogen-bond acceptors (Lipinski definition) is 5. The highest BCUT2D eigenvalue weighted by molar-refractivity contribution is 7.13. The van der Waals surface area contributed by atoms with E-state index in [1.54, 1.807) is 19.1 Å². The minimum atomic E-state index is -0.332. The van der Waals surface area contributed by atoms with E-state index in [4.69, 9.17) is 4.74 Å². The Kier molecular flexibility index (Phi) is 4.03. The normalized spacial score (nSPS) is 10.9. The Hall–Kier alpha value is -2.99. The van der Waals surface area contributed by atoms with Crippen LogP contribution in [0.25, 0.3) is 33.1 Å². The van der Waals surface area contributed by atoms with Crippen molar-refractivity contribution in [2.24, 2.45) is 0 Å².